The van der Waals surface area contributed by atoms with Crippen LogP contribution >= 0.6 is 11.3 Å². The van der Waals surface area contributed by atoms with Gasteiger partial charge in [0.05, 0.1) is 34.9 Å². The standard InChI is InChI=1S/C43H55N5O6S/c1-26(7-17-37(44)50)28(3)54-24-31-11-14-32-13-8-29(19-34(32)20-31)12-18-38(51)47-40(43(4,5)6)42(53)48-23-35(49)21-36(48)41(52)45-22-30-9-15-33(16-10-30)39-27(2)46-25-55-39/h8-11,13-16,19-20,25-26,28,35-36,40,49H,7,12,17-18,21-24H2,1-6H3,(H2,44,50)(H,45,52)(H,47,51)/t26-,28+,35+,36-,40+/m0/s1. The number of aryl methyl sites for hydroxylation is 2. The summed E-state index contributed by atoms with van der Waals surface area (Å²) >= 11 is 1.58. The predicted molar refractivity (Wildman–Crippen MR) is 216 cm³/mol. The lowest BCUT2D eigenvalue weighted by Gasteiger charge is -2.35. The quantitative estimate of drug-likeness (QED) is 0.112. The molecule has 0 unspecified atom stereocenters. The van der Waals surface area contributed by atoms with Gasteiger partial charge in [-0.3, -0.25) is 19.2 Å². The van der Waals surface area contributed by atoms with Gasteiger partial charge in [-0.15, -0.1) is 11.3 Å². The molecule has 4 aromatic rings. The fraction of sp³-hybridized carbons (Fsp3) is 0.465. The van der Waals surface area contributed by atoms with E-state index in [1.54, 1.807) is 11.3 Å². The molecule has 0 bridgehead atoms. The van der Waals surface area contributed by atoms with Crippen molar-refractivity contribution in [2.45, 2.75) is 111 Å². The Hall–Kier alpha value is -4.65. The summed E-state index contributed by atoms with van der Waals surface area (Å²) in [4.78, 5) is 58.9. The lowest BCUT2D eigenvalue weighted by molar-refractivity contribution is -0.144. The van der Waals surface area contributed by atoms with Gasteiger partial charge in [-0.25, -0.2) is 4.98 Å². The van der Waals surface area contributed by atoms with Crippen LogP contribution in [0.5, 0.6) is 0 Å². The highest BCUT2D eigenvalue weighted by atomic mass is 32.1. The Morgan fingerprint density at radius 2 is 1.65 bits per heavy atom. The second-order valence-corrected chi connectivity index (χ2v) is 16.8. The molecule has 5 N–H and O–H groups in total. The van der Waals surface area contributed by atoms with Gasteiger partial charge in [0.25, 0.3) is 0 Å². The van der Waals surface area contributed by atoms with Gasteiger partial charge in [0.1, 0.15) is 12.1 Å². The smallest absolute Gasteiger partial charge is 0.246 e. The van der Waals surface area contributed by atoms with Crippen LogP contribution < -0.4 is 16.4 Å². The number of hydrogen-bond donors (Lipinski definition) is 4. The number of carbonyl (C=O) groups is 4. The number of rotatable bonds is 16. The van der Waals surface area contributed by atoms with Crippen molar-refractivity contribution in [2.24, 2.45) is 17.1 Å². The molecule has 1 aliphatic heterocycles. The van der Waals surface area contributed by atoms with Crippen LogP contribution in [-0.2, 0) is 43.5 Å². The van der Waals surface area contributed by atoms with E-state index in [0.717, 1.165) is 43.6 Å². The average molecular weight is 770 g/mol. The van der Waals surface area contributed by atoms with Crippen LogP contribution in [0.25, 0.3) is 21.2 Å². The summed E-state index contributed by atoms with van der Waals surface area (Å²) in [5.41, 5.74) is 11.4. The summed E-state index contributed by atoms with van der Waals surface area (Å²) < 4.78 is 6.10. The van der Waals surface area contributed by atoms with Crippen LogP contribution in [0.2, 0.25) is 0 Å². The first kappa shape index (κ1) is 41.5. The molecule has 0 saturated carbocycles. The van der Waals surface area contributed by atoms with Gasteiger partial charge >= 0.3 is 0 Å². The summed E-state index contributed by atoms with van der Waals surface area (Å²) in [5, 5.41) is 18.6. The lowest BCUT2D eigenvalue weighted by atomic mass is 9.85. The van der Waals surface area contributed by atoms with E-state index in [1.807, 2.05) is 82.6 Å². The van der Waals surface area contributed by atoms with Crippen molar-refractivity contribution in [2.75, 3.05) is 6.54 Å². The Kier molecular flexibility index (Phi) is 13.8. The van der Waals surface area contributed by atoms with Crippen LogP contribution in [0, 0.1) is 18.3 Å². The number of aromatic nitrogens is 1. The number of ether oxygens (including phenoxy) is 1. The SMILES string of the molecule is Cc1ncsc1-c1ccc(CNC(=O)[C@@H]2C[C@@H](O)CN2C(=O)[C@@H](NC(=O)CCc2ccc3ccc(CO[C@H](C)[C@@H](C)CCC(N)=O)cc3c2)C(C)(C)C)cc1. The van der Waals surface area contributed by atoms with Crippen LogP contribution in [0.3, 0.4) is 0 Å². The highest BCUT2D eigenvalue weighted by Crippen LogP contribution is 2.29. The van der Waals surface area contributed by atoms with Gasteiger partial charge in [-0.2, -0.15) is 0 Å². The number of nitrogens with one attached hydrogen (secondary N) is 2. The molecule has 1 saturated heterocycles. The number of hydrogen-bond acceptors (Lipinski definition) is 8. The molecule has 55 heavy (non-hydrogen) atoms. The normalized spacial score (nSPS) is 17.5. The number of primary amides is 1. The second kappa shape index (κ2) is 18.3. The maximum Gasteiger partial charge on any atom is 0.246 e. The van der Waals surface area contributed by atoms with E-state index in [1.165, 1.54) is 4.90 Å². The molecule has 0 aliphatic carbocycles. The lowest BCUT2D eigenvalue weighted by Crippen LogP contribution is -2.57. The number of nitrogens with two attached hydrogens (primary N) is 1. The minimum absolute atomic E-state index is 0.0135. The molecule has 1 fully saturated rings. The number of benzene rings is 3. The fourth-order valence-electron chi connectivity index (χ4n) is 6.86. The summed E-state index contributed by atoms with van der Waals surface area (Å²) in [6, 6.07) is 18.5. The van der Waals surface area contributed by atoms with Crippen molar-refractivity contribution in [1.29, 1.82) is 0 Å². The Morgan fingerprint density at radius 1 is 0.982 bits per heavy atom. The Morgan fingerprint density at radius 3 is 2.31 bits per heavy atom. The molecule has 5 rings (SSSR count). The van der Waals surface area contributed by atoms with Crippen LogP contribution in [0.1, 0.15) is 82.7 Å². The minimum Gasteiger partial charge on any atom is -0.391 e. The van der Waals surface area contributed by atoms with E-state index in [2.05, 4.69) is 40.7 Å². The number of amides is 4. The molecule has 1 aromatic heterocycles. The first-order valence-electron chi connectivity index (χ1n) is 19.1. The zero-order chi connectivity index (χ0) is 39.9. The number of likely N-dealkylation sites (tertiary alicyclic amines) is 1. The molecule has 4 amide bonds. The molecule has 11 nitrogen and oxygen atoms in total. The third-order valence-electron chi connectivity index (χ3n) is 10.5. The van der Waals surface area contributed by atoms with Crippen LogP contribution in [0.4, 0.5) is 0 Å². The largest absolute Gasteiger partial charge is 0.391 e. The monoisotopic (exact) mass is 769 g/mol. The fourth-order valence-corrected chi connectivity index (χ4v) is 7.67. The Labute approximate surface area is 328 Å². The molecule has 294 valence electrons. The van der Waals surface area contributed by atoms with Gasteiger partial charge in [0.2, 0.25) is 23.6 Å². The Bertz CT molecular complexity index is 1970. The number of thiazole rings is 1. The van der Waals surface area contributed by atoms with Gasteiger partial charge < -0.3 is 31.1 Å². The van der Waals surface area contributed by atoms with Crippen molar-refractivity contribution < 1.29 is 29.0 Å². The van der Waals surface area contributed by atoms with Gasteiger partial charge in [0, 0.05) is 32.4 Å². The number of nitrogens with zero attached hydrogens (tertiary/aromatic N) is 2. The Balaban J connectivity index is 1.16. The van der Waals surface area contributed by atoms with E-state index in [0.29, 0.717) is 25.9 Å². The van der Waals surface area contributed by atoms with Gasteiger partial charge in [-0.1, -0.05) is 82.3 Å². The number of aliphatic hydroxyl groups is 1. The molecule has 1 aliphatic rings. The zero-order valence-corrected chi connectivity index (χ0v) is 33.6. The summed E-state index contributed by atoms with van der Waals surface area (Å²) in [6.07, 6.45) is 0.904. The summed E-state index contributed by atoms with van der Waals surface area (Å²) in [7, 11) is 0. The topological polar surface area (TPSA) is 164 Å². The van der Waals surface area contributed by atoms with E-state index in [-0.39, 0.29) is 61.6 Å². The molecular weight excluding hydrogens is 715 g/mol. The molecule has 5 atom stereocenters. The number of β-amino-alcohol motifs (C(OH)–C–C–N with tert-alkyl or cyclic N) is 1. The van der Waals surface area contributed by atoms with Gasteiger partial charge in [0.15, 0.2) is 0 Å². The molecule has 0 radical (unpaired) electrons. The van der Waals surface area contributed by atoms with E-state index in [4.69, 9.17) is 10.5 Å². The molecular formula is C43H55N5O6S. The van der Waals surface area contributed by atoms with Crippen molar-refractivity contribution >= 4 is 45.7 Å². The van der Waals surface area contributed by atoms with Crippen LogP contribution in [-0.4, -0.2) is 69.5 Å². The van der Waals surface area contributed by atoms with E-state index >= 15 is 0 Å². The first-order valence-corrected chi connectivity index (χ1v) is 19.9. The van der Waals surface area contributed by atoms with E-state index in [9.17, 15) is 24.3 Å². The first-order chi connectivity index (χ1) is 26.1. The second-order valence-electron chi connectivity index (χ2n) is 16.0. The minimum atomic E-state index is -0.900. The zero-order valence-electron chi connectivity index (χ0n) is 32.8. The molecule has 12 heteroatoms. The number of carbonyl (C=O) groups excluding carboxylic acids is 4. The highest BCUT2D eigenvalue weighted by molar-refractivity contribution is 7.13. The van der Waals surface area contributed by atoms with Crippen molar-refractivity contribution in [3.8, 4) is 10.4 Å². The third kappa shape index (κ3) is 11.2. The summed E-state index contributed by atoms with van der Waals surface area (Å²) in [6.45, 7) is 12.4. The maximum atomic E-state index is 14.1. The summed E-state index contributed by atoms with van der Waals surface area (Å²) in [5.74, 6) is -1.12. The third-order valence-corrected chi connectivity index (χ3v) is 11.5. The molecule has 2 heterocycles. The predicted octanol–water partition coefficient (Wildman–Crippen LogP) is 5.82. The highest BCUT2D eigenvalue weighted by Gasteiger charge is 2.44. The van der Waals surface area contributed by atoms with Crippen molar-refractivity contribution in [1.82, 2.24) is 20.5 Å². The van der Waals surface area contributed by atoms with E-state index < -0.39 is 23.6 Å². The van der Waals surface area contributed by atoms with Crippen LogP contribution in [0.15, 0.2) is 66.2 Å². The maximum absolute atomic E-state index is 14.1. The van der Waals surface area contributed by atoms with Crippen molar-refractivity contribution in [3.63, 3.8) is 0 Å². The molecule has 3 aromatic carbocycles. The number of fused-ring (bicyclic) bond motifs is 1. The molecule has 0 spiro atoms. The van der Waals surface area contributed by atoms with Gasteiger partial charge in [-0.05, 0) is 77.1 Å². The number of aliphatic hydroxyl groups excluding tert-OH is 1. The van der Waals surface area contributed by atoms with Crippen molar-refractivity contribution in [3.05, 3.63) is 88.6 Å². The average Bonchev–Trinajstić information content (AvgIpc) is 3.77.